The Hall–Kier alpha value is -3.13. The first kappa shape index (κ1) is 22.1. The minimum absolute atomic E-state index is 0.00558. The molecule has 1 heterocycles. The van der Waals surface area contributed by atoms with Gasteiger partial charge in [-0.05, 0) is 48.2 Å². The highest BCUT2D eigenvalue weighted by Gasteiger charge is 2.36. The molecule has 2 aromatic carbocycles. The average molecular weight is 453 g/mol. The van der Waals surface area contributed by atoms with Crippen LogP contribution in [0.15, 0.2) is 53.4 Å². The minimum atomic E-state index is -0.444. The van der Waals surface area contributed by atoms with Crippen molar-refractivity contribution in [3.8, 4) is 5.75 Å². The molecule has 0 atom stereocenters. The first-order valence-corrected chi connectivity index (χ1v) is 11.5. The topological polar surface area (TPSA) is 89.7 Å². The van der Waals surface area contributed by atoms with Crippen LogP contribution >= 0.6 is 11.8 Å². The second kappa shape index (κ2) is 9.99. The zero-order valence-corrected chi connectivity index (χ0v) is 18.4. The van der Waals surface area contributed by atoms with Crippen molar-refractivity contribution in [1.82, 2.24) is 4.90 Å². The van der Waals surface area contributed by atoms with E-state index in [-0.39, 0.29) is 23.4 Å². The molecule has 0 bridgehead atoms. The van der Waals surface area contributed by atoms with Crippen molar-refractivity contribution in [3.63, 3.8) is 0 Å². The molecule has 0 aromatic heterocycles. The van der Waals surface area contributed by atoms with Gasteiger partial charge in [-0.15, -0.1) is 0 Å². The Bertz CT molecular complexity index is 1060. The van der Waals surface area contributed by atoms with E-state index in [9.17, 15) is 19.7 Å². The largest absolute Gasteiger partial charge is 0.488 e. The molecule has 1 saturated heterocycles. The van der Waals surface area contributed by atoms with Crippen LogP contribution in [0.2, 0.25) is 0 Å². The van der Waals surface area contributed by atoms with Crippen LogP contribution in [0.4, 0.5) is 10.5 Å². The van der Waals surface area contributed by atoms with E-state index in [2.05, 4.69) is 0 Å². The van der Waals surface area contributed by atoms with E-state index >= 15 is 0 Å². The molecule has 0 radical (unpaired) electrons. The number of hydrogen-bond donors (Lipinski definition) is 0. The van der Waals surface area contributed by atoms with Crippen LogP contribution in [-0.2, 0) is 11.4 Å². The van der Waals surface area contributed by atoms with Gasteiger partial charge < -0.3 is 4.74 Å². The molecule has 7 nitrogen and oxygen atoms in total. The summed E-state index contributed by atoms with van der Waals surface area (Å²) in [4.78, 5) is 37.7. The highest BCUT2D eigenvalue weighted by atomic mass is 32.2. The SMILES string of the molecule is O=C1S/C(=C/c2ccccc2OCc2cccc([N+](=O)[O-])c2)C(=O)N1CC1CCCCC1. The molecule has 2 fully saturated rings. The third-order valence-electron chi connectivity index (χ3n) is 5.76. The summed E-state index contributed by atoms with van der Waals surface area (Å²) >= 11 is 0.962. The lowest BCUT2D eigenvalue weighted by Crippen LogP contribution is -2.34. The van der Waals surface area contributed by atoms with Crippen molar-refractivity contribution in [2.45, 2.75) is 38.7 Å². The molecular formula is C24H24N2O5S. The Kier molecular flexibility index (Phi) is 6.90. The molecule has 0 spiro atoms. The van der Waals surface area contributed by atoms with Gasteiger partial charge in [0.25, 0.3) is 16.8 Å². The van der Waals surface area contributed by atoms with Gasteiger partial charge in [0.1, 0.15) is 12.4 Å². The predicted molar refractivity (Wildman–Crippen MR) is 123 cm³/mol. The number of nitro groups is 1. The molecule has 32 heavy (non-hydrogen) atoms. The van der Waals surface area contributed by atoms with E-state index in [1.807, 2.05) is 18.2 Å². The third-order valence-corrected chi connectivity index (χ3v) is 6.67. The number of nitro benzene ring substituents is 1. The highest BCUT2D eigenvalue weighted by Crippen LogP contribution is 2.36. The molecule has 166 valence electrons. The number of amides is 2. The molecule has 1 saturated carbocycles. The number of ether oxygens (including phenoxy) is 1. The number of carbonyl (C=O) groups is 2. The average Bonchev–Trinajstić information content (AvgIpc) is 3.06. The van der Waals surface area contributed by atoms with E-state index < -0.39 is 4.92 Å². The van der Waals surface area contributed by atoms with E-state index in [4.69, 9.17) is 4.74 Å². The Morgan fingerprint density at radius 3 is 2.66 bits per heavy atom. The minimum Gasteiger partial charge on any atom is -0.488 e. The van der Waals surface area contributed by atoms with Crippen LogP contribution in [-0.4, -0.2) is 27.5 Å². The molecule has 1 aliphatic carbocycles. The van der Waals surface area contributed by atoms with Crippen LogP contribution < -0.4 is 4.74 Å². The number of non-ortho nitro benzene ring substituents is 1. The van der Waals surface area contributed by atoms with Gasteiger partial charge in [-0.1, -0.05) is 49.6 Å². The summed E-state index contributed by atoms with van der Waals surface area (Å²) in [5.41, 5.74) is 1.36. The first-order valence-electron chi connectivity index (χ1n) is 10.7. The number of carbonyl (C=O) groups excluding carboxylic acids is 2. The van der Waals surface area contributed by atoms with Crippen LogP contribution in [0, 0.1) is 16.0 Å². The van der Waals surface area contributed by atoms with Gasteiger partial charge in [-0.3, -0.25) is 24.6 Å². The quantitative estimate of drug-likeness (QED) is 0.300. The summed E-state index contributed by atoms with van der Waals surface area (Å²) in [6, 6.07) is 13.5. The maximum absolute atomic E-state index is 12.9. The van der Waals surface area contributed by atoms with Crippen molar-refractivity contribution < 1.29 is 19.2 Å². The lowest BCUT2D eigenvalue weighted by atomic mass is 9.89. The van der Waals surface area contributed by atoms with E-state index in [1.54, 1.807) is 24.3 Å². The third kappa shape index (κ3) is 5.19. The Morgan fingerprint density at radius 1 is 1.09 bits per heavy atom. The lowest BCUT2D eigenvalue weighted by molar-refractivity contribution is -0.384. The molecule has 1 aliphatic heterocycles. The van der Waals surface area contributed by atoms with Crippen molar-refractivity contribution in [2.24, 2.45) is 5.92 Å². The molecule has 2 aliphatic rings. The first-order chi connectivity index (χ1) is 15.5. The molecule has 4 rings (SSSR count). The number of imide groups is 1. The maximum Gasteiger partial charge on any atom is 0.293 e. The molecular weight excluding hydrogens is 428 g/mol. The smallest absolute Gasteiger partial charge is 0.293 e. The summed E-state index contributed by atoms with van der Waals surface area (Å²) in [5, 5.41) is 10.8. The Morgan fingerprint density at radius 2 is 1.88 bits per heavy atom. The normalized spacial score (nSPS) is 18.4. The fourth-order valence-corrected chi connectivity index (χ4v) is 4.92. The second-order valence-electron chi connectivity index (χ2n) is 8.05. The Labute approximate surface area is 190 Å². The van der Waals surface area contributed by atoms with Gasteiger partial charge in [0.05, 0.1) is 9.83 Å². The fourth-order valence-electron chi connectivity index (χ4n) is 4.08. The highest BCUT2D eigenvalue weighted by molar-refractivity contribution is 8.18. The van der Waals surface area contributed by atoms with Crippen LogP contribution in [0.3, 0.4) is 0 Å². The van der Waals surface area contributed by atoms with E-state index in [0.29, 0.717) is 34.2 Å². The molecule has 2 aromatic rings. The molecule has 0 N–H and O–H groups in total. The zero-order valence-electron chi connectivity index (χ0n) is 17.6. The van der Waals surface area contributed by atoms with Gasteiger partial charge in [-0.2, -0.15) is 0 Å². The van der Waals surface area contributed by atoms with Gasteiger partial charge in [-0.25, -0.2) is 0 Å². The number of rotatable bonds is 7. The molecule has 0 unspecified atom stereocenters. The van der Waals surface area contributed by atoms with Crippen LogP contribution in [0.5, 0.6) is 5.75 Å². The summed E-state index contributed by atoms with van der Waals surface area (Å²) in [7, 11) is 0. The van der Waals surface area contributed by atoms with Crippen molar-refractivity contribution in [3.05, 3.63) is 74.7 Å². The van der Waals surface area contributed by atoms with Gasteiger partial charge in [0.2, 0.25) is 0 Å². The predicted octanol–water partition coefficient (Wildman–Crippen LogP) is 5.79. The van der Waals surface area contributed by atoms with Crippen molar-refractivity contribution in [1.29, 1.82) is 0 Å². The summed E-state index contributed by atoms with van der Waals surface area (Å²) in [5.74, 6) is 0.680. The van der Waals surface area contributed by atoms with Gasteiger partial charge in [0, 0.05) is 24.2 Å². The number of nitrogens with zero attached hydrogens (tertiary/aromatic N) is 2. The Balaban J connectivity index is 1.47. The van der Waals surface area contributed by atoms with E-state index in [1.165, 1.54) is 23.5 Å². The fraction of sp³-hybridized carbons (Fsp3) is 0.333. The van der Waals surface area contributed by atoms with Crippen molar-refractivity contribution >= 4 is 34.7 Å². The maximum atomic E-state index is 12.9. The van der Waals surface area contributed by atoms with Crippen LogP contribution in [0.25, 0.3) is 6.08 Å². The monoisotopic (exact) mass is 452 g/mol. The van der Waals surface area contributed by atoms with Crippen molar-refractivity contribution in [2.75, 3.05) is 6.54 Å². The second-order valence-corrected chi connectivity index (χ2v) is 9.04. The number of benzene rings is 2. The van der Waals surface area contributed by atoms with E-state index in [0.717, 1.165) is 37.4 Å². The summed E-state index contributed by atoms with van der Waals surface area (Å²) < 4.78 is 5.89. The number of thioether (sulfide) groups is 1. The molecule has 8 heteroatoms. The van der Waals surface area contributed by atoms with Gasteiger partial charge >= 0.3 is 0 Å². The summed E-state index contributed by atoms with van der Waals surface area (Å²) in [6.45, 7) is 0.641. The standard InChI is InChI=1S/C24H24N2O5S/c27-23-22(32-24(28)25(23)15-17-7-2-1-3-8-17)14-19-10-4-5-12-21(19)31-16-18-9-6-11-20(13-18)26(29)30/h4-6,9-14,17H,1-3,7-8,15-16H2/b22-14+. The van der Waals surface area contributed by atoms with Gasteiger partial charge in [0.15, 0.2) is 0 Å². The zero-order chi connectivity index (χ0) is 22.5. The van der Waals surface area contributed by atoms with Crippen LogP contribution in [0.1, 0.15) is 43.2 Å². The number of para-hydroxylation sites is 1. The molecule has 2 amide bonds. The number of hydrogen-bond acceptors (Lipinski definition) is 6. The lowest BCUT2D eigenvalue weighted by Gasteiger charge is -2.25. The summed E-state index contributed by atoms with van der Waals surface area (Å²) in [6.07, 6.45) is 7.36.